The van der Waals surface area contributed by atoms with Crippen LogP contribution in [0, 0.1) is 5.92 Å². The highest BCUT2D eigenvalue weighted by Crippen LogP contribution is 2.33. The number of anilines is 1. The predicted octanol–water partition coefficient (Wildman–Crippen LogP) is 3.00. The lowest BCUT2D eigenvalue weighted by Gasteiger charge is -2.19. The van der Waals surface area contributed by atoms with Crippen LogP contribution in [0.25, 0.3) is 0 Å². The van der Waals surface area contributed by atoms with Gasteiger partial charge in [-0.15, -0.1) is 0 Å². The number of para-hydroxylation sites is 2. The highest BCUT2D eigenvalue weighted by molar-refractivity contribution is 6.00. The summed E-state index contributed by atoms with van der Waals surface area (Å²) in [7, 11) is 3.04. The molecular formula is C22H23NO6. The third-order valence-electron chi connectivity index (χ3n) is 4.89. The zero-order valence-corrected chi connectivity index (χ0v) is 16.6. The van der Waals surface area contributed by atoms with E-state index in [2.05, 4.69) is 0 Å². The monoisotopic (exact) mass is 397 g/mol. The molecule has 1 atom stereocenters. The lowest BCUT2D eigenvalue weighted by atomic mass is 10.1. The summed E-state index contributed by atoms with van der Waals surface area (Å²) < 4.78 is 16.0. The zero-order valence-electron chi connectivity index (χ0n) is 16.6. The van der Waals surface area contributed by atoms with E-state index in [0.717, 1.165) is 0 Å². The van der Waals surface area contributed by atoms with Gasteiger partial charge in [-0.05, 0) is 37.3 Å². The Hall–Kier alpha value is -3.35. The third-order valence-corrected chi connectivity index (χ3v) is 4.89. The van der Waals surface area contributed by atoms with Crippen molar-refractivity contribution in [2.45, 2.75) is 20.0 Å². The van der Waals surface area contributed by atoms with Crippen LogP contribution in [-0.4, -0.2) is 38.4 Å². The van der Waals surface area contributed by atoms with Gasteiger partial charge in [-0.2, -0.15) is 0 Å². The van der Waals surface area contributed by atoms with Gasteiger partial charge in [0.2, 0.25) is 5.91 Å². The van der Waals surface area contributed by atoms with Crippen molar-refractivity contribution < 1.29 is 28.6 Å². The van der Waals surface area contributed by atoms with Gasteiger partial charge in [-0.3, -0.25) is 14.4 Å². The number of hydrogen-bond acceptors (Lipinski definition) is 6. The molecule has 0 unspecified atom stereocenters. The van der Waals surface area contributed by atoms with Crippen LogP contribution in [0.15, 0.2) is 42.5 Å². The number of amides is 1. The van der Waals surface area contributed by atoms with Crippen LogP contribution in [0.4, 0.5) is 5.69 Å². The number of esters is 1. The smallest absolute Gasteiger partial charge is 0.311 e. The van der Waals surface area contributed by atoms with Gasteiger partial charge < -0.3 is 19.1 Å². The molecule has 1 heterocycles. The SMILES string of the molecule is COc1ccc(C(C)=O)cc1COC(=O)[C@H]1CC(=O)N(c2ccccc2OC)C1. The number of carbonyl (C=O) groups excluding carboxylic acids is 3. The molecule has 0 radical (unpaired) electrons. The summed E-state index contributed by atoms with van der Waals surface area (Å²) in [6, 6.07) is 12.2. The maximum Gasteiger partial charge on any atom is 0.311 e. The number of Topliss-reactive ketones (excluding diaryl/α,β-unsaturated/α-hetero) is 1. The number of benzene rings is 2. The lowest BCUT2D eigenvalue weighted by molar-refractivity contribution is -0.149. The molecule has 2 aromatic rings. The van der Waals surface area contributed by atoms with Gasteiger partial charge in [0.15, 0.2) is 5.78 Å². The van der Waals surface area contributed by atoms with Crippen LogP contribution in [0.5, 0.6) is 11.5 Å². The Morgan fingerprint density at radius 3 is 2.48 bits per heavy atom. The predicted molar refractivity (Wildman–Crippen MR) is 106 cm³/mol. The quantitative estimate of drug-likeness (QED) is 0.528. The van der Waals surface area contributed by atoms with Crippen molar-refractivity contribution in [1.29, 1.82) is 0 Å². The van der Waals surface area contributed by atoms with E-state index < -0.39 is 11.9 Å². The first-order valence-electron chi connectivity index (χ1n) is 9.22. The van der Waals surface area contributed by atoms with Crippen LogP contribution in [0.3, 0.4) is 0 Å². The summed E-state index contributed by atoms with van der Waals surface area (Å²) in [6.45, 7) is 1.65. The van der Waals surface area contributed by atoms with Gasteiger partial charge in [0.1, 0.15) is 18.1 Å². The van der Waals surface area contributed by atoms with E-state index in [1.54, 1.807) is 35.2 Å². The molecule has 1 amide bonds. The zero-order chi connectivity index (χ0) is 21.0. The molecule has 2 aromatic carbocycles. The van der Waals surface area contributed by atoms with Crippen LogP contribution in [0.1, 0.15) is 29.3 Å². The molecule has 1 aliphatic rings. The van der Waals surface area contributed by atoms with E-state index in [1.807, 2.05) is 12.1 Å². The minimum atomic E-state index is -0.575. The third kappa shape index (κ3) is 4.39. The average Bonchev–Trinajstić information content (AvgIpc) is 3.13. The molecule has 0 aromatic heterocycles. The number of carbonyl (C=O) groups is 3. The summed E-state index contributed by atoms with van der Waals surface area (Å²) in [4.78, 5) is 38.2. The first-order chi connectivity index (χ1) is 13.9. The summed E-state index contributed by atoms with van der Waals surface area (Å²) >= 11 is 0. The van der Waals surface area contributed by atoms with E-state index >= 15 is 0 Å². The van der Waals surface area contributed by atoms with Crippen molar-refractivity contribution >= 4 is 23.3 Å². The molecule has 1 saturated heterocycles. The van der Waals surface area contributed by atoms with Gasteiger partial charge in [0, 0.05) is 24.1 Å². The molecule has 7 heteroatoms. The molecule has 0 saturated carbocycles. The Morgan fingerprint density at radius 2 is 1.79 bits per heavy atom. The van der Waals surface area contributed by atoms with Crippen molar-refractivity contribution in [2.24, 2.45) is 5.92 Å². The Bertz CT molecular complexity index is 939. The second-order valence-corrected chi connectivity index (χ2v) is 6.77. The van der Waals surface area contributed by atoms with Crippen LogP contribution >= 0.6 is 0 Å². The molecule has 3 rings (SSSR count). The van der Waals surface area contributed by atoms with Gasteiger partial charge in [0.25, 0.3) is 0 Å². The van der Waals surface area contributed by atoms with Crippen LogP contribution in [-0.2, 0) is 20.9 Å². The maximum absolute atomic E-state index is 12.6. The molecule has 29 heavy (non-hydrogen) atoms. The molecule has 0 spiro atoms. The van der Waals surface area contributed by atoms with Crippen LogP contribution < -0.4 is 14.4 Å². The summed E-state index contributed by atoms with van der Waals surface area (Å²) in [6.07, 6.45) is 0.0709. The first-order valence-corrected chi connectivity index (χ1v) is 9.22. The first kappa shape index (κ1) is 20.4. The van der Waals surface area contributed by atoms with Gasteiger partial charge in [-0.25, -0.2) is 0 Å². The fourth-order valence-corrected chi connectivity index (χ4v) is 3.33. The molecule has 0 N–H and O–H groups in total. The molecule has 0 aliphatic carbocycles. The highest BCUT2D eigenvalue weighted by atomic mass is 16.5. The molecule has 0 bridgehead atoms. The number of ether oxygens (including phenoxy) is 3. The van der Waals surface area contributed by atoms with Crippen molar-refractivity contribution in [3.05, 3.63) is 53.6 Å². The van der Waals surface area contributed by atoms with E-state index in [-0.39, 0.29) is 31.3 Å². The average molecular weight is 397 g/mol. The minimum Gasteiger partial charge on any atom is -0.496 e. The standard InChI is InChI=1S/C22H23NO6/c1-14(24)15-8-9-19(27-2)17(10-15)13-29-22(26)16-11-21(25)23(12-16)18-6-4-5-7-20(18)28-3/h4-10,16H,11-13H2,1-3H3/t16-/m0/s1. The Balaban J connectivity index is 1.69. The van der Waals surface area contributed by atoms with E-state index in [4.69, 9.17) is 14.2 Å². The van der Waals surface area contributed by atoms with Crippen molar-refractivity contribution in [3.8, 4) is 11.5 Å². The highest BCUT2D eigenvalue weighted by Gasteiger charge is 2.37. The second kappa shape index (κ2) is 8.77. The second-order valence-electron chi connectivity index (χ2n) is 6.77. The van der Waals surface area contributed by atoms with Gasteiger partial charge >= 0.3 is 5.97 Å². The van der Waals surface area contributed by atoms with Crippen molar-refractivity contribution in [3.63, 3.8) is 0 Å². The Labute approximate surface area is 169 Å². The lowest BCUT2D eigenvalue weighted by Crippen LogP contribution is -2.26. The van der Waals surface area contributed by atoms with Gasteiger partial charge in [0.05, 0.1) is 25.8 Å². The number of rotatable bonds is 7. The summed E-state index contributed by atoms with van der Waals surface area (Å²) in [5.41, 5.74) is 1.74. The fraction of sp³-hybridized carbons (Fsp3) is 0.318. The maximum atomic E-state index is 12.6. The number of hydrogen-bond donors (Lipinski definition) is 0. The summed E-state index contributed by atoms with van der Waals surface area (Å²) in [5.74, 6) is -0.191. The van der Waals surface area contributed by atoms with E-state index in [9.17, 15) is 14.4 Å². The molecule has 152 valence electrons. The normalized spacial score (nSPS) is 15.9. The number of methoxy groups -OCH3 is 2. The fourth-order valence-electron chi connectivity index (χ4n) is 3.33. The van der Waals surface area contributed by atoms with Crippen molar-refractivity contribution in [2.75, 3.05) is 25.7 Å². The number of ketones is 1. The topological polar surface area (TPSA) is 82.1 Å². The molecule has 1 aliphatic heterocycles. The minimum absolute atomic E-state index is 0.0392. The number of nitrogens with zero attached hydrogens (tertiary/aromatic N) is 1. The molecule has 7 nitrogen and oxygen atoms in total. The van der Waals surface area contributed by atoms with Crippen LogP contribution in [0.2, 0.25) is 0 Å². The van der Waals surface area contributed by atoms with E-state index in [0.29, 0.717) is 28.3 Å². The molecular weight excluding hydrogens is 374 g/mol. The summed E-state index contributed by atoms with van der Waals surface area (Å²) in [5, 5.41) is 0. The van der Waals surface area contributed by atoms with Crippen molar-refractivity contribution in [1.82, 2.24) is 0 Å². The largest absolute Gasteiger partial charge is 0.496 e. The Morgan fingerprint density at radius 1 is 1.07 bits per heavy atom. The molecule has 1 fully saturated rings. The van der Waals surface area contributed by atoms with E-state index in [1.165, 1.54) is 21.1 Å². The Kier molecular flexibility index (Phi) is 6.16. The van der Waals surface area contributed by atoms with Gasteiger partial charge in [-0.1, -0.05) is 12.1 Å².